The summed E-state index contributed by atoms with van der Waals surface area (Å²) in [7, 11) is 3.11. The lowest BCUT2D eigenvalue weighted by Gasteiger charge is -2.31. The van der Waals surface area contributed by atoms with Crippen molar-refractivity contribution in [1.29, 1.82) is 0 Å². The first kappa shape index (κ1) is 28.1. The molecule has 0 fully saturated rings. The number of amides is 4. The maximum Gasteiger partial charge on any atom is 0.261 e. The number of methoxy groups -OCH3 is 2. The Morgan fingerprint density at radius 3 is 1.25 bits per heavy atom. The smallest absolute Gasteiger partial charge is 0.261 e. The third-order valence-electron chi connectivity index (χ3n) is 9.35. The van der Waals surface area contributed by atoms with E-state index >= 15 is 0 Å². The van der Waals surface area contributed by atoms with Crippen molar-refractivity contribution >= 4 is 66.7 Å². The lowest BCUT2D eigenvalue weighted by atomic mass is 9.81. The molecule has 0 radical (unpaired) electrons. The summed E-state index contributed by atoms with van der Waals surface area (Å²) in [6, 6.07) is 10.8. The zero-order valence-corrected chi connectivity index (χ0v) is 25.5. The maximum absolute atomic E-state index is 13.8. The van der Waals surface area contributed by atoms with Gasteiger partial charge in [0.05, 0.1) is 25.3 Å². The topological polar surface area (TPSA) is 93.2 Å². The van der Waals surface area contributed by atoms with Crippen LogP contribution in [0.25, 0.3) is 43.1 Å². The standard InChI is InChI=1S/C36H34N2O6/c1-5-7-9-15-37-33(39)21-13-11-19-20-12-14-22-28-24(36(42)38(34(22)40)16-10-8-6-2)18-26(44-4)32(30(20)28)31-25(43-3)17-23(35(37)41)27(21)29(19)31/h11-14,17-18H,5-10,15-16H2,1-4H3. The average Bonchev–Trinajstić information content (AvgIpc) is 3.04. The molecule has 0 aromatic heterocycles. The van der Waals surface area contributed by atoms with Gasteiger partial charge in [-0.15, -0.1) is 0 Å². The molecular formula is C36H34N2O6. The monoisotopic (exact) mass is 590 g/mol. The molecule has 4 amide bonds. The molecule has 224 valence electrons. The molecule has 2 aliphatic heterocycles. The Bertz CT molecular complexity index is 1910. The van der Waals surface area contributed by atoms with E-state index in [1.807, 2.05) is 12.1 Å². The number of hydrogen-bond donors (Lipinski definition) is 0. The van der Waals surface area contributed by atoms with E-state index in [9.17, 15) is 19.2 Å². The summed E-state index contributed by atoms with van der Waals surface area (Å²) in [6.45, 7) is 4.88. The highest BCUT2D eigenvalue weighted by molar-refractivity contribution is 6.43. The number of benzene rings is 5. The van der Waals surface area contributed by atoms with Crippen LogP contribution in [-0.2, 0) is 0 Å². The van der Waals surface area contributed by atoms with Crippen LogP contribution in [0.1, 0.15) is 93.8 Å². The number of nitrogens with zero attached hydrogens (tertiary/aromatic N) is 2. The third-order valence-corrected chi connectivity index (χ3v) is 9.35. The van der Waals surface area contributed by atoms with E-state index < -0.39 is 0 Å². The van der Waals surface area contributed by atoms with Gasteiger partial charge in [0.15, 0.2) is 0 Å². The fourth-order valence-corrected chi connectivity index (χ4v) is 7.25. The van der Waals surface area contributed by atoms with Gasteiger partial charge in [-0.05, 0) is 47.9 Å². The minimum Gasteiger partial charge on any atom is -0.496 e. The molecule has 7 rings (SSSR count). The van der Waals surface area contributed by atoms with Crippen molar-refractivity contribution in [2.24, 2.45) is 0 Å². The third kappa shape index (κ3) is 3.69. The molecule has 0 aliphatic carbocycles. The Balaban J connectivity index is 1.57. The molecule has 0 unspecified atom stereocenters. The highest BCUT2D eigenvalue weighted by atomic mass is 16.5. The van der Waals surface area contributed by atoms with Gasteiger partial charge < -0.3 is 9.47 Å². The molecule has 8 nitrogen and oxygen atoms in total. The summed E-state index contributed by atoms with van der Waals surface area (Å²) in [5, 5.41) is 5.63. The summed E-state index contributed by atoms with van der Waals surface area (Å²) in [5.41, 5.74) is 1.80. The van der Waals surface area contributed by atoms with Crippen molar-refractivity contribution in [1.82, 2.24) is 9.80 Å². The van der Waals surface area contributed by atoms with E-state index in [2.05, 4.69) is 13.8 Å². The first-order valence-electron chi connectivity index (χ1n) is 15.5. The maximum atomic E-state index is 13.8. The van der Waals surface area contributed by atoms with Gasteiger partial charge >= 0.3 is 0 Å². The minimum atomic E-state index is -0.331. The Morgan fingerprint density at radius 1 is 0.500 bits per heavy atom. The fourth-order valence-electron chi connectivity index (χ4n) is 7.25. The van der Waals surface area contributed by atoms with Crippen LogP contribution >= 0.6 is 0 Å². The van der Waals surface area contributed by atoms with E-state index in [-0.39, 0.29) is 23.6 Å². The molecule has 0 N–H and O–H groups in total. The first-order chi connectivity index (χ1) is 21.4. The van der Waals surface area contributed by atoms with Crippen LogP contribution in [0, 0.1) is 0 Å². The number of imide groups is 2. The van der Waals surface area contributed by atoms with E-state index in [1.54, 1.807) is 38.5 Å². The normalized spacial score (nSPS) is 14.7. The number of carbonyl (C=O) groups excluding carboxylic acids is 4. The Kier molecular flexibility index (Phi) is 6.68. The zero-order chi connectivity index (χ0) is 30.9. The lowest BCUT2D eigenvalue weighted by Crippen LogP contribution is -2.41. The van der Waals surface area contributed by atoms with Gasteiger partial charge in [0.1, 0.15) is 11.5 Å². The quantitative estimate of drug-likeness (QED) is 0.0732. The van der Waals surface area contributed by atoms with Gasteiger partial charge in [-0.3, -0.25) is 29.0 Å². The van der Waals surface area contributed by atoms with Gasteiger partial charge in [-0.1, -0.05) is 51.7 Å². The highest BCUT2D eigenvalue weighted by Gasteiger charge is 2.38. The molecule has 44 heavy (non-hydrogen) atoms. The number of fused-ring (bicyclic) bond motifs is 2. The zero-order valence-electron chi connectivity index (χ0n) is 25.5. The number of unbranched alkanes of at least 4 members (excludes halogenated alkanes) is 4. The molecule has 2 heterocycles. The first-order valence-corrected chi connectivity index (χ1v) is 15.5. The van der Waals surface area contributed by atoms with Crippen molar-refractivity contribution in [3.05, 3.63) is 58.7 Å². The van der Waals surface area contributed by atoms with Crippen LogP contribution in [0.5, 0.6) is 11.5 Å². The molecule has 0 saturated carbocycles. The number of rotatable bonds is 10. The summed E-state index contributed by atoms with van der Waals surface area (Å²) < 4.78 is 11.9. The molecule has 0 saturated heterocycles. The molecule has 2 aliphatic rings. The largest absolute Gasteiger partial charge is 0.496 e. The summed E-state index contributed by atoms with van der Waals surface area (Å²) in [6.07, 6.45) is 5.29. The molecule has 5 aromatic carbocycles. The summed E-state index contributed by atoms with van der Waals surface area (Å²) in [5.74, 6) is -0.346. The number of carbonyl (C=O) groups is 4. The Morgan fingerprint density at radius 2 is 0.886 bits per heavy atom. The minimum absolute atomic E-state index is 0.302. The predicted molar refractivity (Wildman–Crippen MR) is 171 cm³/mol. The van der Waals surface area contributed by atoms with Crippen LogP contribution in [0.3, 0.4) is 0 Å². The second-order valence-corrected chi connectivity index (χ2v) is 11.8. The van der Waals surface area contributed by atoms with Crippen LogP contribution in [0.15, 0.2) is 36.4 Å². The van der Waals surface area contributed by atoms with Crippen molar-refractivity contribution in [3.63, 3.8) is 0 Å². The van der Waals surface area contributed by atoms with Crippen LogP contribution < -0.4 is 9.47 Å². The fraction of sp³-hybridized carbons (Fsp3) is 0.333. The molecule has 5 aromatic rings. The summed E-state index contributed by atoms with van der Waals surface area (Å²) >= 11 is 0. The van der Waals surface area contributed by atoms with Crippen LogP contribution in [0.2, 0.25) is 0 Å². The lowest BCUT2D eigenvalue weighted by molar-refractivity contribution is 0.0592. The van der Waals surface area contributed by atoms with E-state index in [1.165, 1.54) is 9.80 Å². The van der Waals surface area contributed by atoms with Crippen molar-refractivity contribution in [2.45, 2.75) is 52.4 Å². The number of ether oxygens (including phenoxy) is 2. The van der Waals surface area contributed by atoms with Gasteiger partial charge in [0, 0.05) is 56.5 Å². The molecule has 0 atom stereocenters. The van der Waals surface area contributed by atoms with Gasteiger partial charge in [-0.25, -0.2) is 0 Å². The number of hydrogen-bond acceptors (Lipinski definition) is 6. The van der Waals surface area contributed by atoms with E-state index in [4.69, 9.17) is 9.47 Å². The molecule has 0 bridgehead atoms. The summed E-state index contributed by atoms with van der Waals surface area (Å²) in [4.78, 5) is 57.9. The highest BCUT2D eigenvalue weighted by Crippen LogP contribution is 2.51. The SMILES string of the molecule is CCCCCN1C(=O)c2ccc3c4ccc5c6c(cc(OC)c(c7c(OC)cc(c2c37)C1=O)c64)C(=O)N(CCCCC)C5=O. The molecule has 0 spiro atoms. The Labute approximate surface area is 254 Å². The molecular weight excluding hydrogens is 556 g/mol. The van der Waals surface area contributed by atoms with Crippen molar-refractivity contribution < 1.29 is 28.7 Å². The van der Waals surface area contributed by atoms with Crippen LogP contribution in [-0.4, -0.2) is 60.7 Å². The van der Waals surface area contributed by atoms with Gasteiger partial charge in [0.25, 0.3) is 23.6 Å². The Hall–Kier alpha value is -4.72. The second-order valence-electron chi connectivity index (χ2n) is 11.8. The van der Waals surface area contributed by atoms with Crippen LogP contribution in [0.4, 0.5) is 0 Å². The van der Waals surface area contributed by atoms with E-state index in [0.29, 0.717) is 68.4 Å². The van der Waals surface area contributed by atoms with E-state index in [0.717, 1.165) is 60.1 Å². The van der Waals surface area contributed by atoms with Gasteiger partial charge in [0.2, 0.25) is 0 Å². The van der Waals surface area contributed by atoms with Gasteiger partial charge in [-0.2, -0.15) is 0 Å². The van der Waals surface area contributed by atoms with Crippen molar-refractivity contribution in [3.8, 4) is 11.5 Å². The van der Waals surface area contributed by atoms with Crippen molar-refractivity contribution in [2.75, 3.05) is 27.3 Å². The predicted octanol–water partition coefficient (Wildman–Crippen LogP) is 7.33. The molecule has 8 heteroatoms. The second kappa shape index (κ2) is 10.5. The average molecular weight is 591 g/mol.